The van der Waals surface area contributed by atoms with E-state index in [9.17, 15) is 13.6 Å². The molecule has 1 amide bonds. The van der Waals surface area contributed by atoms with Crippen molar-refractivity contribution in [1.29, 1.82) is 0 Å². The molecule has 2 fully saturated rings. The molecular formula is C18H26F2N2O3. The highest BCUT2D eigenvalue weighted by Crippen LogP contribution is 2.36. The molecule has 1 spiro atoms. The Morgan fingerprint density at radius 1 is 1.44 bits per heavy atom. The topological polar surface area (TPSA) is 59.6 Å². The van der Waals surface area contributed by atoms with Gasteiger partial charge in [0.1, 0.15) is 12.3 Å². The van der Waals surface area contributed by atoms with Crippen molar-refractivity contribution < 1.29 is 23.0 Å². The molecule has 0 aromatic carbocycles. The van der Waals surface area contributed by atoms with E-state index in [1.807, 2.05) is 6.08 Å². The second-order valence-electron chi connectivity index (χ2n) is 7.21. The van der Waals surface area contributed by atoms with Crippen molar-refractivity contribution in [2.45, 2.75) is 69.2 Å². The van der Waals surface area contributed by atoms with Gasteiger partial charge in [-0.25, -0.2) is 13.6 Å². The standard InChI is InChI=1S/C18H26F2N2O3/c1-17(19,20)15-12-25-18(22-15)9-7-14(8-10-18)21-16(23)24-11-13-5-3-2-4-6-13/h3,5-6,14-15,22H,2,4,7-12H2,1H3,(H,21,23). The monoisotopic (exact) mass is 356 g/mol. The van der Waals surface area contributed by atoms with Gasteiger partial charge in [0.2, 0.25) is 0 Å². The number of hydrogen-bond donors (Lipinski definition) is 2. The van der Waals surface area contributed by atoms with Gasteiger partial charge >= 0.3 is 6.09 Å². The van der Waals surface area contributed by atoms with E-state index >= 15 is 0 Å². The molecule has 1 saturated heterocycles. The van der Waals surface area contributed by atoms with Gasteiger partial charge in [-0.15, -0.1) is 0 Å². The van der Waals surface area contributed by atoms with Crippen LogP contribution < -0.4 is 10.6 Å². The lowest BCUT2D eigenvalue weighted by Crippen LogP contribution is -2.53. The molecule has 2 N–H and O–H groups in total. The van der Waals surface area contributed by atoms with Crippen molar-refractivity contribution in [2.24, 2.45) is 0 Å². The minimum absolute atomic E-state index is 0.0133. The molecule has 0 aromatic rings. The number of allylic oxidation sites excluding steroid dienone is 2. The minimum atomic E-state index is -2.80. The van der Waals surface area contributed by atoms with Crippen molar-refractivity contribution in [3.63, 3.8) is 0 Å². The summed E-state index contributed by atoms with van der Waals surface area (Å²) in [5.74, 6) is -2.80. The molecule has 1 unspecified atom stereocenters. The van der Waals surface area contributed by atoms with Gasteiger partial charge in [0.05, 0.1) is 12.6 Å². The van der Waals surface area contributed by atoms with Crippen LogP contribution >= 0.6 is 0 Å². The van der Waals surface area contributed by atoms with Crippen LogP contribution in [0.15, 0.2) is 23.8 Å². The van der Waals surface area contributed by atoms with E-state index in [1.165, 1.54) is 0 Å². The average Bonchev–Trinajstić information content (AvgIpc) is 3.01. The predicted octanol–water partition coefficient (Wildman–Crippen LogP) is 3.27. The zero-order chi connectivity index (χ0) is 17.9. The molecule has 1 heterocycles. The van der Waals surface area contributed by atoms with E-state index in [1.54, 1.807) is 0 Å². The number of halogens is 2. The fourth-order valence-corrected chi connectivity index (χ4v) is 3.57. The van der Waals surface area contributed by atoms with Crippen LogP contribution in [-0.2, 0) is 9.47 Å². The van der Waals surface area contributed by atoms with Crippen LogP contribution in [0.4, 0.5) is 13.6 Å². The molecule has 3 rings (SSSR count). The van der Waals surface area contributed by atoms with Crippen molar-refractivity contribution in [3.05, 3.63) is 23.8 Å². The lowest BCUT2D eigenvalue weighted by Gasteiger charge is -2.37. The Morgan fingerprint density at radius 2 is 2.20 bits per heavy atom. The molecule has 0 bridgehead atoms. The van der Waals surface area contributed by atoms with Crippen molar-refractivity contribution in [3.8, 4) is 0 Å². The van der Waals surface area contributed by atoms with Crippen LogP contribution in [0, 0.1) is 0 Å². The van der Waals surface area contributed by atoms with Crippen LogP contribution in [0.2, 0.25) is 0 Å². The minimum Gasteiger partial charge on any atom is -0.445 e. The van der Waals surface area contributed by atoms with E-state index in [0.29, 0.717) is 25.7 Å². The van der Waals surface area contributed by atoms with Gasteiger partial charge in [0.15, 0.2) is 0 Å². The van der Waals surface area contributed by atoms with Crippen LogP contribution in [-0.4, -0.2) is 43.0 Å². The average molecular weight is 356 g/mol. The molecule has 0 radical (unpaired) electrons. The summed E-state index contributed by atoms with van der Waals surface area (Å²) in [5, 5.41) is 5.82. The van der Waals surface area contributed by atoms with E-state index in [-0.39, 0.29) is 19.3 Å². The summed E-state index contributed by atoms with van der Waals surface area (Å²) in [5.41, 5.74) is 0.336. The van der Waals surface area contributed by atoms with Crippen LogP contribution in [0.3, 0.4) is 0 Å². The van der Waals surface area contributed by atoms with Crippen molar-refractivity contribution >= 4 is 6.09 Å². The second-order valence-corrected chi connectivity index (χ2v) is 7.21. The predicted molar refractivity (Wildman–Crippen MR) is 89.4 cm³/mol. The summed E-state index contributed by atoms with van der Waals surface area (Å²) in [7, 11) is 0. The van der Waals surface area contributed by atoms with Crippen LogP contribution in [0.1, 0.15) is 45.4 Å². The highest BCUT2D eigenvalue weighted by molar-refractivity contribution is 5.67. The zero-order valence-electron chi connectivity index (χ0n) is 14.5. The number of alkyl halides is 2. The third-order valence-electron chi connectivity index (χ3n) is 5.13. The fourth-order valence-electron chi connectivity index (χ4n) is 3.57. The van der Waals surface area contributed by atoms with E-state index in [0.717, 1.165) is 25.3 Å². The maximum absolute atomic E-state index is 13.4. The SMILES string of the molecule is CC(F)(F)C1COC2(CCC(NC(=O)OCC3=CCCC=C3)CC2)N1. The summed E-state index contributed by atoms with van der Waals surface area (Å²) in [6.07, 6.45) is 10.2. The van der Waals surface area contributed by atoms with E-state index < -0.39 is 23.8 Å². The molecule has 5 nitrogen and oxygen atoms in total. The van der Waals surface area contributed by atoms with Gasteiger partial charge in [-0.2, -0.15) is 0 Å². The first-order valence-corrected chi connectivity index (χ1v) is 8.95. The Morgan fingerprint density at radius 3 is 2.80 bits per heavy atom. The van der Waals surface area contributed by atoms with Gasteiger partial charge in [-0.05, 0) is 44.1 Å². The number of carbonyl (C=O) groups excluding carboxylic acids is 1. The lowest BCUT2D eigenvalue weighted by molar-refractivity contribution is -0.0438. The second kappa shape index (κ2) is 7.41. The number of alkyl carbamates (subject to hydrolysis) is 1. The van der Waals surface area contributed by atoms with Crippen LogP contribution in [0.25, 0.3) is 0 Å². The third-order valence-corrected chi connectivity index (χ3v) is 5.13. The molecule has 25 heavy (non-hydrogen) atoms. The molecule has 140 valence electrons. The maximum atomic E-state index is 13.4. The molecule has 1 aliphatic heterocycles. The molecule has 1 saturated carbocycles. The van der Waals surface area contributed by atoms with Gasteiger partial charge in [-0.1, -0.05) is 18.2 Å². The molecule has 7 heteroatoms. The number of amides is 1. The summed E-state index contributed by atoms with van der Waals surface area (Å²) < 4.78 is 37.8. The summed E-state index contributed by atoms with van der Waals surface area (Å²) in [6, 6.07) is -0.959. The van der Waals surface area contributed by atoms with Gasteiger partial charge in [0.25, 0.3) is 5.92 Å². The van der Waals surface area contributed by atoms with Gasteiger partial charge in [0, 0.05) is 13.0 Å². The number of nitrogens with one attached hydrogen (secondary N) is 2. The molecule has 1 atom stereocenters. The highest BCUT2D eigenvalue weighted by Gasteiger charge is 2.49. The smallest absolute Gasteiger partial charge is 0.407 e. The van der Waals surface area contributed by atoms with Crippen LogP contribution in [0.5, 0.6) is 0 Å². The molecule has 0 aromatic heterocycles. The van der Waals surface area contributed by atoms with E-state index in [2.05, 4.69) is 22.8 Å². The first-order chi connectivity index (χ1) is 11.9. The molecule has 2 aliphatic carbocycles. The summed E-state index contributed by atoms with van der Waals surface area (Å²) in [6.45, 7) is 1.20. The first-order valence-electron chi connectivity index (χ1n) is 8.95. The van der Waals surface area contributed by atoms with E-state index in [4.69, 9.17) is 9.47 Å². The number of carbonyl (C=O) groups is 1. The number of hydrogen-bond acceptors (Lipinski definition) is 4. The first kappa shape index (κ1) is 18.3. The Hall–Kier alpha value is -1.47. The third kappa shape index (κ3) is 4.79. The van der Waals surface area contributed by atoms with Gasteiger partial charge in [-0.3, -0.25) is 5.32 Å². The highest BCUT2D eigenvalue weighted by atomic mass is 19.3. The zero-order valence-corrected chi connectivity index (χ0v) is 14.5. The largest absolute Gasteiger partial charge is 0.445 e. The Balaban J connectivity index is 1.40. The maximum Gasteiger partial charge on any atom is 0.407 e. The summed E-state index contributed by atoms with van der Waals surface area (Å²) >= 11 is 0. The Labute approximate surface area is 146 Å². The molecule has 3 aliphatic rings. The lowest BCUT2D eigenvalue weighted by atomic mass is 9.88. The molecular weight excluding hydrogens is 330 g/mol. The normalized spacial score (nSPS) is 32.5. The Kier molecular flexibility index (Phi) is 5.43. The summed E-state index contributed by atoms with van der Waals surface area (Å²) in [4.78, 5) is 11.9. The quantitative estimate of drug-likeness (QED) is 0.812. The van der Waals surface area contributed by atoms with Crippen molar-refractivity contribution in [1.82, 2.24) is 10.6 Å². The van der Waals surface area contributed by atoms with Crippen molar-refractivity contribution in [2.75, 3.05) is 13.2 Å². The Bertz CT molecular complexity index is 549. The number of ether oxygens (including phenoxy) is 2. The number of rotatable bonds is 4. The van der Waals surface area contributed by atoms with Gasteiger partial charge < -0.3 is 14.8 Å². The fraction of sp³-hybridized carbons (Fsp3) is 0.722.